The second-order valence-corrected chi connectivity index (χ2v) is 7.85. The molecule has 1 unspecified atom stereocenters. The highest BCUT2D eigenvalue weighted by molar-refractivity contribution is 5.81. The van der Waals surface area contributed by atoms with E-state index < -0.39 is 12.1 Å². The van der Waals surface area contributed by atoms with Crippen molar-refractivity contribution in [1.29, 1.82) is 0 Å². The van der Waals surface area contributed by atoms with Gasteiger partial charge < -0.3 is 19.5 Å². The topological polar surface area (TPSA) is 89.0 Å². The number of carboxylic acids is 1. The van der Waals surface area contributed by atoms with Crippen LogP contribution in [0.25, 0.3) is 0 Å². The van der Waals surface area contributed by atoms with Gasteiger partial charge in [0.25, 0.3) is 0 Å². The molecule has 30 heavy (non-hydrogen) atoms. The van der Waals surface area contributed by atoms with Crippen LogP contribution in [0.2, 0.25) is 0 Å². The molecule has 1 spiro atoms. The number of ether oxygens (including phenoxy) is 2. The number of piperidine rings is 1. The van der Waals surface area contributed by atoms with Gasteiger partial charge in [0, 0.05) is 31.6 Å². The standard InChI is InChI=1S/C18H24N2O3.C2HF3O2/c21-17(14-4-5-14)20-9-6-18(7-10-20)11-16(13-23-18)22-12-15-3-1-2-8-19-15;3-2(4,5)1(6)7/h1-3,8,14,16H,4-7,9-13H2;(H,6,7). The summed E-state index contributed by atoms with van der Waals surface area (Å²) in [5.74, 6) is -2.07. The van der Waals surface area contributed by atoms with Crippen LogP contribution in [0.15, 0.2) is 24.4 Å². The van der Waals surface area contributed by atoms with Crippen LogP contribution >= 0.6 is 0 Å². The van der Waals surface area contributed by atoms with Gasteiger partial charge in [0.1, 0.15) is 0 Å². The molecular weight excluding hydrogens is 405 g/mol. The van der Waals surface area contributed by atoms with Crippen molar-refractivity contribution in [3.63, 3.8) is 0 Å². The fraction of sp³-hybridized carbons (Fsp3) is 0.650. The Morgan fingerprint density at radius 2 is 1.93 bits per heavy atom. The van der Waals surface area contributed by atoms with Crippen LogP contribution in [-0.2, 0) is 25.7 Å². The van der Waals surface area contributed by atoms with Gasteiger partial charge in [-0.25, -0.2) is 4.79 Å². The highest BCUT2D eigenvalue weighted by Crippen LogP contribution is 2.39. The summed E-state index contributed by atoms with van der Waals surface area (Å²) in [4.78, 5) is 27.4. The van der Waals surface area contributed by atoms with E-state index in [0.29, 0.717) is 25.0 Å². The summed E-state index contributed by atoms with van der Waals surface area (Å²) in [5, 5.41) is 7.12. The number of likely N-dealkylation sites (tertiary alicyclic amines) is 1. The van der Waals surface area contributed by atoms with Crippen LogP contribution in [0.1, 0.15) is 37.8 Å². The zero-order valence-electron chi connectivity index (χ0n) is 16.4. The molecule has 2 saturated heterocycles. The van der Waals surface area contributed by atoms with Gasteiger partial charge in [-0.05, 0) is 37.8 Å². The molecule has 1 aromatic heterocycles. The van der Waals surface area contributed by atoms with Crippen LogP contribution in [-0.4, -0.2) is 64.4 Å². The number of carbonyl (C=O) groups excluding carboxylic acids is 1. The number of aliphatic carboxylic acids is 1. The Hall–Kier alpha value is -2.20. The number of rotatable bonds is 4. The van der Waals surface area contributed by atoms with E-state index in [1.165, 1.54) is 0 Å². The van der Waals surface area contributed by atoms with Gasteiger partial charge >= 0.3 is 12.1 Å². The first-order chi connectivity index (χ1) is 14.2. The van der Waals surface area contributed by atoms with E-state index in [-0.39, 0.29) is 11.7 Å². The summed E-state index contributed by atoms with van der Waals surface area (Å²) < 4.78 is 43.8. The quantitative estimate of drug-likeness (QED) is 0.790. The summed E-state index contributed by atoms with van der Waals surface area (Å²) in [6, 6.07) is 5.87. The minimum absolute atomic E-state index is 0.0743. The van der Waals surface area contributed by atoms with Gasteiger partial charge in [-0.3, -0.25) is 9.78 Å². The molecule has 1 N–H and O–H groups in total. The molecule has 166 valence electrons. The van der Waals surface area contributed by atoms with Crippen LogP contribution in [0.3, 0.4) is 0 Å². The molecule has 0 aromatic carbocycles. The van der Waals surface area contributed by atoms with Crippen LogP contribution in [0.5, 0.6) is 0 Å². The lowest BCUT2D eigenvalue weighted by molar-refractivity contribution is -0.192. The van der Waals surface area contributed by atoms with E-state index in [9.17, 15) is 18.0 Å². The molecule has 1 amide bonds. The van der Waals surface area contributed by atoms with E-state index in [0.717, 1.165) is 50.9 Å². The number of nitrogens with zero attached hydrogens (tertiary/aromatic N) is 2. The summed E-state index contributed by atoms with van der Waals surface area (Å²) >= 11 is 0. The molecule has 4 rings (SSSR count). The summed E-state index contributed by atoms with van der Waals surface area (Å²) in [5.41, 5.74) is 0.882. The number of carboxylic acid groups (broad SMARTS) is 1. The summed E-state index contributed by atoms with van der Waals surface area (Å²) in [7, 11) is 0. The lowest BCUT2D eigenvalue weighted by Gasteiger charge is -2.38. The van der Waals surface area contributed by atoms with Gasteiger partial charge in [0.15, 0.2) is 0 Å². The first kappa shape index (κ1) is 22.5. The Kier molecular flexibility index (Phi) is 6.97. The van der Waals surface area contributed by atoms with Crippen molar-refractivity contribution in [2.45, 2.75) is 56.6 Å². The van der Waals surface area contributed by atoms with Crippen molar-refractivity contribution in [1.82, 2.24) is 9.88 Å². The van der Waals surface area contributed by atoms with Crippen molar-refractivity contribution >= 4 is 11.9 Å². The number of pyridine rings is 1. The van der Waals surface area contributed by atoms with Crippen LogP contribution in [0, 0.1) is 5.92 Å². The molecule has 1 aromatic rings. The lowest BCUT2D eigenvalue weighted by atomic mass is 9.88. The predicted molar refractivity (Wildman–Crippen MR) is 98.3 cm³/mol. The highest BCUT2D eigenvalue weighted by Gasteiger charge is 2.45. The number of hydrogen-bond donors (Lipinski definition) is 1. The summed E-state index contributed by atoms with van der Waals surface area (Å²) in [6.07, 6.45) is 1.83. The smallest absolute Gasteiger partial charge is 0.475 e. The Labute approximate surface area is 172 Å². The van der Waals surface area contributed by atoms with E-state index in [2.05, 4.69) is 4.98 Å². The normalized spacial score (nSPS) is 23.0. The molecule has 1 saturated carbocycles. The molecule has 0 bridgehead atoms. The zero-order chi connectivity index (χ0) is 21.8. The molecule has 3 fully saturated rings. The van der Waals surface area contributed by atoms with Crippen molar-refractivity contribution < 1.29 is 37.3 Å². The van der Waals surface area contributed by atoms with E-state index in [1.54, 1.807) is 6.20 Å². The van der Waals surface area contributed by atoms with Gasteiger partial charge in [0.2, 0.25) is 5.91 Å². The minimum atomic E-state index is -5.08. The van der Waals surface area contributed by atoms with E-state index in [4.69, 9.17) is 19.4 Å². The molecule has 2 aliphatic heterocycles. The first-order valence-corrected chi connectivity index (χ1v) is 9.93. The molecule has 0 radical (unpaired) electrons. The van der Waals surface area contributed by atoms with Crippen molar-refractivity contribution in [3.8, 4) is 0 Å². The fourth-order valence-corrected chi connectivity index (χ4v) is 3.67. The third kappa shape index (κ3) is 6.15. The van der Waals surface area contributed by atoms with Crippen LogP contribution < -0.4 is 0 Å². The average Bonchev–Trinajstić information content (AvgIpc) is 3.50. The van der Waals surface area contributed by atoms with Crippen molar-refractivity contribution in [2.24, 2.45) is 5.92 Å². The fourth-order valence-electron chi connectivity index (χ4n) is 3.67. The third-order valence-corrected chi connectivity index (χ3v) is 5.52. The second kappa shape index (κ2) is 9.30. The number of aromatic nitrogens is 1. The number of halogens is 3. The van der Waals surface area contributed by atoms with Gasteiger partial charge in [-0.15, -0.1) is 0 Å². The van der Waals surface area contributed by atoms with Gasteiger partial charge in [-0.1, -0.05) is 6.07 Å². The van der Waals surface area contributed by atoms with Gasteiger partial charge in [0.05, 0.1) is 30.6 Å². The summed E-state index contributed by atoms with van der Waals surface area (Å²) in [6.45, 7) is 2.87. The molecular formula is C20H25F3N2O5. The zero-order valence-corrected chi connectivity index (χ0v) is 16.4. The predicted octanol–water partition coefficient (Wildman–Crippen LogP) is 2.79. The number of hydrogen-bond acceptors (Lipinski definition) is 5. The van der Waals surface area contributed by atoms with Crippen molar-refractivity contribution in [3.05, 3.63) is 30.1 Å². The third-order valence-electron chi connectivity index (χ3n) is 5.52. The molecule has 3 aliphatic rings. The first-order valence-electron chi connectivity index (χ1n) is 9.93. The largest absolute Gasteiger partial charge is 0.490 e. The highest BCUT2D eigenvalue weighted by atomic mass is 19.4. The Morgan fingerprint density at radius 3 is 2.47 bits per heavy atom. The maximum absolute atomic E-state index is 12.1. The van der Waals surface area contributed by atoms with E-state index >= 15 is 0 Å². The number of carbonyl (C=O) groups is 2. The second-order valence-electron chi connectivity index (χ2n) is 7.85. The maximum Gasteiger partial charge on any atom is 0.490 e. The molecule has 10 heteroatoms. The van der Waals surface area contributed by atoms with Crippen molar-refractivity contribution in [2.75, 3.05) is 19.7 Å². The number of amides is 1. The molecule has 1 aliphatic carbocycles. The Morgan fingerprint density at radius 1 is 1.27 bits per heavy atom. The molecule has 3 heterocycles. The maximum atomic E-state index is 12.1. The molecule has 7 nitrogen and oxygen atoms in total. The minimum Gasteiger partial charge on any atom is -0.475 e. The molecule has 1 atom stereocenters. The SMILES string of the molecule is O=C(C1CC1)N1CCC2(CC1)CC(OCc1ccccn1)CO2.O=C(O)C(F)(F)F. The van der Waals surface area contributed by atoms with Gasteiger partial charge in [-0.2, -0.15) is 13.2 Å². The Bertz CT molecular complexity index is 732. The number of alkyl halides is 3. The Balaban J connectivity index is 0.000000318. The average molecular weight is 430 g/mol. The van der Waals surface area contributed by atoms with E-state index in [1.807, 2.05) is 23.1 Å². The lowest BCUT2D eigenvalue weighted by Crippen LogP contribution is -2.47. The monoisotopic (exact) mass is 430 g/mol. The van der Waals surface area contributed by atoms with Crippen LogP contribution in [0.4, 0.5) is 13.2 Å².